The van der Waals surface area contributed by atoms with Crippen LogP contribution in [0.2, 0.25) is 0 Å². The summed E-state index contributed by atoms with van der Waals surface area (Å²) in [6.07, 6.45) is 1.04. The Morgan fingerprint density at radius 2 is 1.88 bits per heavy atom. The van der Waals surface area contributed by atoms with Crippen LogP contribution in [0.25, 0.3) is 0 Å². The van der Waals surface area contributed by atoms with E-state index in [9.17, 15) is 0 Å². The quantitative estimate of drug-likeness (QED) is 0.683. The lowest BCUT2D eigenvalue weighted by Gasteiger charge is -2.05. The Hall–Kier alpha value is -1.26. The Morgan fingerprint density at radius 1 is 1.06 bits per heavy atom. The van der Waals surface area contributed by atoms with Crippen LogP contribution in [0.15, 0.2) is 18.2 Å². The summed E-state index contributed by atoms with van der Waals surface area (Å²) in [6, 6.07) is 5.85. The average molecular weight is 238 g/mol. The number of ether oxygens (including phenoxy) is 4. The summed E-state index contributed by atoms with van der Waals surface area (Å²) in [6.45, 7) is 5.05. The summed E-state index contributed by atoms with van der Waals surface area (Å²) in [5.41, 5.74) is 1.09. The minimum atomic E-state index is 0.310. The van der Waals surface area contributed by atoms with Crippen LogP contribution in [0.4, 0.5) is 0 Å². The average Bonchev–Trinajstić information content (AvgIpc) is 2.81. The van der Waals surface area contributed by atoms with E-state index < -0.39 is 0 Å². The molecule has 0 saturated carbocycles. The molecule has 17 heavy (non-hydrogen) atoms. The molecule has 0 radical (unpaired) electrons. The maximum absolute atomic E-state index is 5.50. The van der Waals surface area contributed by atoms with Gasteiger partial charge < -0.3 is 18.9 Å². The molecule has 1 aliphatic rings. The Kier molecular flexibility index (Phi) is 4.64. The zero-order valence-electron chi connectivity index (χ0n) is 10.1. The fourth-order valence-electron chi connectivity index (χ4n) is 1.59. The van der Waals surface area contributed by atoms with E-state index in [2.05, 4.69) is 6.92 Å². The van der Waals surface area contributed by atoms with Gasteiger partial charge in [-0.05, 0) is 24.1 Å². The molecule has 1 aromatic carbocycles. The van der Waals surface area contributed by atoms with Crippen molar-refractivity contribution >= 4 is 0 Å². The molecule has 0 saturated heterocycles. The number of hydrogen-bond donors (Lipinski definition) is 0. The van der Waals surface area contributed by atoms with E-state index >= 15 is 0 Å². The molecule has 0 atom stereocenters. The van der Waals surface area contributed by atoms with Gasteiger partial charge in [0.1, 0.15) is 0 Å². The Labute approximate surface area is 101 Å². The molecule has 0 spiro atoms. The van der Waals surface area contributed by atoms with Gasteiger partial charge >= 0.3 is 0 Å². The molecule has 0 unspecified atom stereocenters. The second-order valence-corrected chi connectivity index (χ2v) is 3.85. The van der Waals surface area contributed by atoms with Gasteiger partial charge in [0.2, 0.25) is 6.79 Å². The molecule has 0 fully saturated rings. The molecule has 0 N–H and O–H groups in total. The van der Waals surface area contributed by atoms with Crippen molar-refractivity contribution < 1.29 is 18.9 Å². The van der Waals surface area contributed by atoms with Gasteiger partial charge in [-0.1, -0.05) is 13.0 Å². The van der Waals surface area contributed by atoms with Gasteiger partial charge in [-0.15, -0.1) is 0 Å². The first-order valence-corrected chi connectivity index (χ1v) is 5.94. The highest BCUT2D eigenvalue weighted by molar-refractivity contribution is 5.44. The van der Waals surface area contributed by atoms with Crippen molar-refractivity contribution in [2.75, 3.05) is 26.6 Å². The van der Waals surface area contributed by atoms with E-state index in [0.717, 1.165) is 30.1 Å². The van der Waals surface area contributed by atoms with Gasteiger partial charge in [0.25, 0.3) is 0 Å². The van der Waals surface area contributed by atoms with Gasteiger partial charge in [0.05, 0.1) is 19.8 Å². The van der Waals surface area contributed by atoms with Gasteiger partial charge in [-0.25, -0.2) is 0 Å². The lowest BCUT2D eigenvalue weighted by atomic mass is 10.2. The Morgan fingerprint density at radius 3 is 2.76 bits per heavy atom. The van der Waals surface area contributed by atoms with Crippen molar-refractivity contribution in [1.29, 1.82) is 0 Å². The smallest absolute Gasteiger partial charge is 0.231 e. The summed E-state index contributed by atoms with van der Waals surface area (Å²) >= 11 is 0. The predicted molar refractivity (Wildman–Crippen MR) is 63.3 cm³/mol. The fourth-order valence-corrected chi connectivity index (χ4v) is 1.59. The van der Waals surface area contributed by atoms with Crippen molar-refractivity contribution in [3.05, 3.63) is 23.8 Å². The lowest BCUT2D eigenvalue weighted by Crippen LogP contribution is -2.04. The molecule has 4 heteroatoms. The summed E-state index contributed by atoms with van der Waals surface area (Å²) in [7, 11) is 0. The molecule has 2 rings (SSSR count). The molecule has 4 nitrogen and oxygen atoms in total. The van der Waals surface area contributed by atoms with Gasteiger partial charge in [0, 0.05) is 6.61 Å². The standard InChI is InChI=1S/C13H18O4/c1-2-5-14-6-7-15-9-11-3-4-12-13(8-11)17-10-16-12/h3-4,8H,2,5-7,9-10H2,1H3. The van der Waals surface area contributed by atoms with Crippen LogP contribution in [-0.4, -0.2) is 26.6 Å². The van der Waals surface area contributed by atoms with Crippen LogP contribution in [0.3, 0.4) is 0 Å². The highest BCUT2D eigenvalue weighted by atomic mass is 16.7. The van der Waals surface area contributed by atoms with Crippen LogP contribution < -0.4 is 9.47 Å². The molecule has 0 aliphatic carbocycles. The molecule has 94 valence electrons. The minimum Gasteiger partial charge on any atom is -0.454 e. The predicted octanol–water partition coefficient (Wildman–Crippen LogP) is 2.36. The summed E-state index contributed by atoms with van der Waals surface area (Å²) in [5.74, 6) is 1.60. The fraction of sp³-hybridized carbons (Fsp3) is 0.538. The summed E-state index contributed by atoms with van der Waals surface area (Å²) < 4.78 is 21.4. The third-order valence-corrected chi connectivity index (χ3v) is 2.43. The molecule has 1 aliphatic heterocycles. The van der Waals surface area contributed by atoms with E-state index in [4.69, 9.17) is 18.9 Å². The first kappa shape index (κ1) is 12.2. The highest BCUT2D eigenvalue weighted by Gasteiger charge is 2.12. The molecule has 0 bridgehead atoms. The van der Waals surface area contributed by atoms with E-state index in [-0.39, 0.29) is 0 Å². The maximum Gasteiger partial charge on any atom is 0.231 e. The van der Waals surface area contributed by atoms with Crippen molar-refractivity contribution in [3.63, 3.8) is 0 Å². The van der Waals surface area contributed by atoms with Crippen molar-refractivity contribution in [2.45, 2.75) is 20.0 Å². The normalized spacial score (nSPS) is 13.0. The van der Waals surface area contributed by atoms with Crippen LogP contribution in [0, 0.1) is 0 Å². The van der Waals surface area contributed by atoms with E-state index in [1.807, 2.05) is 18.2 Å². The third-order valence-electron chi connectivity index (χ3n) is 2.43. The highest BCUT2D eigenvalue weighted by Crippen LogP contribution is 2.32. The van der Waals surface area contributed by atoms with Crippen LogP contribution >= 0.6 is 0 Å². The van der Waals surface area contributed by atoms with Crippen molar-refractivity contribution in [1.82, 2.24) is 0 Å². The first-order valence-electron chi connectivity index (χ1n) is 5.94. The molecule has 0 amide bonds. The van der Waals surface area contributed by atoms with Gasteiger partial charge in [-0.2, -0.15) is 0 Å². The van der Waals surface area contributed by atoms with E-state index in [0.29, 0.717) is 26.6 Å². The molecule has 1 heterocycles. The molecular weight excluding hydrogens is 220 g/mol. The maximum atomic E-state index is 5.50. The second-order valence-electron chi connectivity index (χ2n) is 3.85. The summed E-state index contributed by atoms with van der Waals surface area (Å²) in [5, 5.41) is 0. The minimum absolute atomic E-state index is 0.310. The number of rotatable bonds is 7. The number of hydrogen-bond acceptors (Lipinski definition) is 4. The van der Waals surface area contributed by atoms with Crippen molar-refractivity contribution in [2.24, 2.45) is 0 Å². The van der Waals surface area contributed by atoms with Crippen LogP contribution in [0.5, 0.6) is 11.5 Å². The third kappa shape index (κ3) is 3.61. The van der Waals surface area contributed by atoms with Crippen LogP contribution in [-0.2, 0) is 16.1 Å². The Balaban J connectivity index is 1.69. The Bertz CT molecular complexity index is 351. The molecule has 0 aromatic heterocycles. The summed E-state index contributed by atoms with van der Waals surface area (Å²) in [4.78, 5) is 0. The number of benzene rings is 1. The second kappa shape index (κ2) is 6.47. The van der Waals surface area contributed by atoms with Crippen molar-refractivity contribution in [3.8, 4) is 11.5 Å². The molecule has 1 aromatic rings. The number of fused-ring (bicyclic) bond motifs is 1. The zero-order valence-corrected chi connectivity index (χ0v) is 10.1. The monoisotopic (exact) mass is 238 g/mol. The largest absolute Gasteiger partial charge is 0.454 e. The van der Waals surface area contributed by atoms with E-state index in [1.165, 1.54) is 0 Å². The van der Waals surface area contributed by atoms with Gasteiger partial charge in [0.15, 0.2) is 11.5 Å². The van der Waals surface area contributed by atoms with Gasteiger partial charge in [-0.3, -0.25) is 0 Å². The SMILES string of the molecule is CCCOCCOCc1ccc2c(c1)OCO2. The topological polar surface area (TPSA) is 36.9 Å². The zero-order chi connectivity index (χ0) is 11.9. The molecular formula is C13H18O4. The van der Waals surface area contributed by atoms with E-state index in [1.54, 1.807) is 0 Å². The first-order chi connectivity index (χ1) is 8.40. The lowest BCUT2D eigenvalue weighted by molar-refractivity contribution is 0.0408. The van der Waals surface area contributed by atoms with Crippen LogP contribution in [0.1, 0.15) is 18.9 Å².